The molecule has 13 heavy (non-hydrogen) atoms. The molecule has 1 N–H and O–H groups in total. The summed E-state index contributed by atoms with van der Waals surface area (Å²) in [6.07, 6.45) is 3.65. The molecule has 3 heteroatoms. The zero-order valence-corrected chi connectivity index (χ0v) is 8.78. The highest BCUT2D eigenvalue weighted by molar-refractivity contribution is 4.91. The van der Waals surface area contributed by atoms with Crippen LogP contribution in [0.15, 0.2) is 12.4 Å². The Balaban J connectivity index is 2.74. The first kappa shape index (κ1) is 10.3. The van der Waals surface area contributed by atoms with Crippen molar-refractivity contribution in [1.29, 1.82) is 0 Å². The number of nitrogens with zero attached hydrogens (tertiary/aromatic N) is 2. The second-order valence-corrected chi connectivity index (χ2v) is 4.11. The predicted octanol–water partition coefficient (Wildman–Crippen LogP) is 1.60. The summed E-state index contributed by atoms with van der Waals surface area (Å²) in [6.45, 7) is 8.45. The SMILES string of the molecule is Cc1nccn1CC(C)(O)C(C)C. The number of aromatic nitrogens is 2. The fourth-order valence-corrected chi connectivity index (χ4v) is 1.10. The molecule has 3 nitrogen and oxygen atoms in total. The zero-order valence-electron chi connectivity index (χ0n) is 8.78. The summed E-state index contributed by atoms with van der Waals surface area (Å²) in [6, 6.07) is 0. The molecule has 0 fully saturated rings. The number of aryl methyl sites for hydroxylation is 1. The van der Waals surface area contributed by atoms with Gasteiger partial charge in [0.25, 0.3) is 0 Å². The highest BCUT2D eigenvalue weighted by Gasteiger charge is 2.25. The van der Waals surface area contributed by atoms with Crippen LogP contribution in [0.5, 0.6) is 0 Å². The van der Waals surface area contributed by atoms with Gasteiger partial charge in [0.1, 0.15) is 5.82 Å². The normalized spacial score (nSPS) is 16.2. The van der Waals surface area contributed by atoms with Crippen molar-refractivity contribution < 1.29 is 5.11 Å². The van der Waals surface area contributed by atoms with Gasteiger partial charge in [0.15, 0.2) is 0 Å². The van der Waals surface area contributed by atoms with Gasteiger partial charge in [-0.3, -0.25) is 0 Å². The van der Waals surface area contributed by atoms with Crippen LogP contribution < -0.4 is 0 Å². The van der Waals surface area contributed by atoms with Crippen LogP contribution in [-0.4, -0.2) is 20.3 Å². The van der Waals surface area contributed by atoms with Gasteiger partial charge in [0.2, 0.25) is 0 Å². The molecule has 74 valence electrons. The van der Waals surface area contributed by atoms with Crippen LogP contribution in [0.1, 0.15) is 26.6 Å². The van der Waals surface area contributed by atoms with Crippen molar-refractivity contribution in [3.8, 4) is 0 Å². The predicted molar refractivity (Wildman–Crippen MR) is 52.4 cm³/mol. The van der Waals surface area contributed by atoms with Gasteiger partial charge >= 0.3 is 0 Å². The first-order chi connectivity index (χ1) is 5.93. The van der Waals surface area contributed by atoms with E-state index in [0.29, 0.717) is 6.54 Å². The van der Waals surface area contributed by atoms with Crippen molar-refractivity contribution in [1.82, 2.24) is 9.55 Å². The topological polar surface area (TPSA) is 38.0 Å². The highest BCUT2D eigenvalue weighted by Crippen LogP contribution is 2.18. The van der Waals surface area contributed by atoms with Gasteiger partial charge in [-0.05, 0) is 19.8 Å². The number of rotatable bonds is 3. The maximum Gasteiger partial charge on any atom is 0.105 e. The van der Waals surface area contributed by atoms with Gasteiger partial charge in [-0.2, -0.15) is 0 Å². The summed E-state index contributed by atoms with van der Waals surface area (Å²) >= 11 is 0. The smallest absolute Gasteiger partial charge is 0.105 e. The summed E-state index contributed by atoms with van der Waals surface area (Å²) in [5, 5.41) is 10.0. The van der Waals surface area contributed by atoms with E-state index in [1.54, 1.807) is 6.20 Å². The molecule has 0 saturated carbocycles. The Hall–Kier alpha value is -0.830. The molecule has 0 radical (unpaired) electrons. The molecule has 0 aliphatic rings. The summed E-state index contributed by atoms with van der Waals surface area (Å²) in [4.78, 5) is 4.11. The molecule has 1 heterocycles. The van der Waals surface area contributed by atoms with E-state index in [1.165, 1.54) is 0 Å². The lowest BCUT2D eigenvalue weighted by Gasteiger charge is -2.28. The summed E-state index contributed by atoms with van der Waals surface area (Å²) in [7, 11) is 0. The molecule has 1 atom stereocenters. The molecule has 0 bridgehead atoms. The van der Waals surface area contributed by atoms with Gasteiger partial charge in [0, 0.05) is 12.4 Å². The highest BCUT2D eigenvalue weighted by atomic mass is 16.3. The maximum absolute atomic E-state index is 10.0. The Bertz CT molecular complexity index is 276. The van der Waals surface area contributed by atoms with E-state index in [4.69, 9.17) is 0 Å². The van der Waals surface area contributed by atoms with Crippen molar-refractivity contribution in [2.24, 2.45) is 5.92 Å². The van der Waals surface area contributed by atoms with Crippen molar-refractivity contribution in [2.45, 2.75) is 39.8 Å². The largest absolute Gasteiger partial charge is 0.388 e. The van der Waals surface area contributed by atoms with Crippen LogP contribution in [-0.2, 0) is 6.54 Å². The van der Waals surface area contributed by atoms with E-state index in [-0.39, 0.29) is 5.92 Å². The van der Waals surface area contributed by atoms with Gasteiger partial charge in [-0.1, -0.05) is 13.8 Å². The van der Waals surface area contributed by atoms with E-state index >= 15 is 0 Å². The monoisotopic (exact) mass is 182 g/mol. The lowest BCUT2D eigenvalue weighted by Crippen LogP contribution is -2.36. The van der Waals surface area contributed by atoms with Crippen LogP contribution >= 0.6 is 0 Å². The summed E-state index contributed by atoms with van der Waals surface area (Å²) in [5.74, 6) is 1.19. The summed E-state index contributed by atoms with van der Waals surface area (Å²) in [5.41, 5.74) is -0.661. The molecule has 0 aromatic carbocycles. The Morgan fingerprint density at radius 2 is 2.23 bits per heavy atom. The number of hydrogen-bond donors (Lipinski definition) is 1. The molecule has 0 amide bonds. The lowest BCUT2D eigenvalue weighted by molar-refractivity contribution is -0.00320. The van der Waals surface area contributed by atoms with Crippen LogP contribution in [0.2, 0.25) is 0 Å². The van der Waals surface area contributed by atoms with E-state index in [9.17, 15) is 5.11 Å². The Labute approximate surface area is 79.4 Å². The van der Waals surface area contributed by atoms with Gasteiger partial charge < -0.3 is 9.67 Å². The second kappa shape index (κ2) is 3.50. The number of aliphatic hydroxyl groups is 1. The average Bonchev–Trinajstić information content (AvgIpc) is 2.35. The molecule has 0 spiro atoms. The van der Waals surface area contributed by atoms with E-state index in [2.05, 4.69) is 4.98 Å². The Morgan fingerprint density at radius 3 is 2.62 bits per heavy atom. The molecule has 1 aromatic rings. The molecular weight excluding hydrogens is 164 g/mol. The zero-order chi connectivity index (χ0) is 10.1. The quantitative estimate of drug-likeness (QED) is 0.771. The van der Waals surface area contributed by atoms with Crippen molar-refractivity contribution >= 4 is 0 Å². The molecular formula is C10H18N2O. The number of imidazole rings is 1. The average molecular weight is 182 g/mol. The van der Waals surface area contributed by atoms with Crippen LogP contribution in [0, 0.1) is 12.8 Å². The first-order valence-corrected chi connectivity index (χ1v) is 4.63. The molecule has 1 unspecified atom stereocenters. The van der Waals surface area contributed by atoms with Crippen LogP contribution in [0.25, 0.3) is 0 Å². The van der Waals surface area contributed by atoms with Gasteiger partial charge in [0.05, 0.1) is 12.1 Å². The molecule has 0 aliphatic carbocycles. The third-order valence-corrected chi connectivity index (χ3v) is 2.66. The van der Waals surface area contributed by atoms with Crippen molar-refractivity contribution in [3.63, 3.8) is 0 Å². The molecule has 0 saturated heterocycles. The van der Waals surface area contributed by atoms with Gasteiger partial charge in [-0.15, -0.1) is 0 Å². The maximum atomic E-state index is 10.0. The fraction of sp³-hybridized carbons (Fsp3) is 0.700. The Kier molecular flexibility index (Phi) is 2.76. The van der Waals surface area contributed by atoms with Gasteiger partial charge in [-0.25, -0.2) is 4.98 Å². The fourth-order valence-electron chi connectivity index (χ4n) is 1.10. The minimum Gasteiger partial charge on any atom is -0.388 e. The van der Waals surface area contributed by atoms with E-state index < -0.39 is 5.60 Å². The van der Waals surface area contributed by atoms with E-state index in [1.807, 2.05) is 38.5 Å². The third kappa shape index (κ3) is 2.31. The first-order valence-electron chi connectivity index (χ1n) is 4.63. The minimum absolute atomic E-state index is 0.245. The minimum atomic E-state index is -0.661. The standard InChI is InChI=1S/C10H18N2O/c1-8(2)10(4,13)7-12-6-5-11-9(12)3/h5-6,8,13H,7H2,1-4H3. The molecule has 1 aromatic heterocycles. The van der Waals surface area contributed by atoms with Crippen molar-refractivity contribution in [3.05, 3.63) is 18.2 Å². The van der Waals surface area contributed by atoms with Crippen LogP contribution in [0.3, 0.4) is 0 Å². The van der Waals surface area contributed by atoms with E-state index in [0.717, 1.165) is 5.82 Å². The summed E-state index contributed by atoms with van der Waals surface area (Å²) < 4.78 is 1.97. The Morgan fingerprint density at radius 1 is 1.62 bits per heavy atom. The molecule has 1 rings (SSSR count). The lowest BCUT2D eigenvalue weighted by atomic mass is 9.92. The molecule has 0 aliphatic heterocycles. The van der Waals surface area contributed by atoms with Crippen molar-refractivity contribution in [2.75, 3.05) is 0 Å². The number of hydrogen-bond acceptors (Lipinski definition) is 2. The van der Waals surface area contributed by atoms with Crippen LogP contribution in [0.4, 0.5) is 0 Å². The third-order valence-electron chi connectivity index (χ3n) is 2.66. The second-order valence-electron chi connectivity index (χ2n) is 4.11.